The van der Waals surface area contributed by atoms with E-state index in [1.807, 2.05) is 24.3 Å². The molecule has 2 heterocycles. The van der Waals surface area contributed by atoms with Crippen LogP contribution in [0.15, 0.2) is 42.2 Å². The number of fused-ring (bicyclic) bond motifs is 2. The molecule has 3 aromatic rings. The standard InChI is InChI=1S/C26H27Cl4N3/c1-5-16-17-12-18(27)19(28)13-23(17)31(6-2)22(16)10-9-11-26-32(7-3)24-14-20(29)21(30)15-25(24)33(26)8-4/h9-15H,5-8H2,1-4H3. The zero-order chi connectivity index (χ0) is 23.9. The minimum Gasteiger partial charge on any atom is -0.341 e. The zero-order valence-corrected chi connectivity index (χ0v) is 22.2. The molecule has 7 heteroatoms. The molecule has 0 spiro atoms. The Kier molecular flexibility index (Phi) is 7.26. The lowest BCUT2D eigenvalue weighted by atomic mass is 10.1. The van der Waals surface area contributed by atoms with Crippen molar-refractivity contribution in [3.63, 3.8) is 0 Å². The fourth-order valence-electron chi connectivity index (χ4n) is 4.76. The average Bonchev–Trinajstić information content (AvgIpc) is 3.24. The first kappa shape index (κ1) is 24.3. The summed E-state index contributed by atoms with van der Waals surface area (Å²) in [6.07, 6.45) is 7.37. The Labute approximate surface area is 215 Å². The Hall–Kier alpha value is -1.78. The second-order valence-corrected chi connectivity index (χ2v) is 9.50. The van der Waals surface area contributed by atoms with E-state index in [1.165, 1.54) is 11.3 Å². The number of hydrogen-bond donors (Lipinski definition) is 0. The molecular formula is C26H27Cl4N3. The zero-order valence-electron chi connectivity index (χ0n) is 19.2. The van der Waals surface area contributed by atoms with E-state index >= 15 is 0 Å². The smallest absolute Gasteiger partial charge is 0.113 e. The summed E-state index contributed by atoms with van der Waals surface area (Å²) in [5.41, 5.74) is 5.72. The largest absolute Gasteiger partial charge is 0.341 e. The Morgan fingerprint density at radius 2 is 1.27 bits per heavy atom. The monoisotopic (exact) mass is 521 g/mol. The maximum atomic E-state index is 6.34. The number of anilines is 2. The molecule has 33 heavy (non-hydrogen) atoms. The van der Waals surface area contributed by atoms with Crippen molar-refractivity contribution in [3.8, 4) is 0 Å². The van der Waals surface area contributed by atoms with Gasteiger partial charge in [-0.25, -0.2) is 0 Å². The highest BCUT2D eigenvalue weighted by Crippen LogP contribution is 2.45. The van der Waals surface area contributed by atoms with Crippen LogP contribution in [0.2, 0.25) is 20.1 Å². The topological polar surface area (TPSA) is 11.4 Å². The number of nitrogens with zero attached hydrogens (tertiary/aromatic N) is 3. The van der Waals surface area contributed by atoms with Crippen molar-refractivity contribution in [1.82, 2.24) is 4.57 Å². The molecule has 0 unspecified atom stereocenters. The van der Waals surface area contributed by atoms with Crippen molar-refractivity contribution in [1.29, 1.82) is 0 Å². The summed E-state index contributed by atoms with van der Waals surface area (Å²) < 4.78 is 2.30. The molecule has 4 rings (SSSR count). The minimum atomic E-state index is 0.569. The summed E-state index contributed by atoms with van der Waals surface area (Å²) in [4.78, 5) is 4.53. The molecule has 2 aromatic carbocycles. The summed E-state index contributed by atoms with van der Waals surface area (Å²) in [7, 11) is 0. The molecule has 0 aliphatic carbocycles. The van der Waals surface area contributed by atoms with E-state index in [9.17, 15) is 0 Å². The summed E-state index contributed by atoms with van der Waals surface area (Å²) in [5.74, 6) is 1.10. The van der Waals surface area contributed by atoms with Crippen molar-refractivity contribution in [2.45, 2.75) is 40.7 Å². The quantitative estimate of drug-likeness (QED) is 0.319. The van der Waals surface area contributed by atoms with Crippen LogP contribution in [-0.4, -0.2) is 17.7 Å². The van der Waals surface area contributed by atoms with Gasteiger partial charge < -0.3 is 14.4 Å². The lowest BCUT2D eigenvalue weighted by Crippen LogP contribution is -2.27. The van der Waals surface area contributed by atoms with Crippen LogP contribution >= 0.6 is 46.4 Å². The van der Waals surface area contributed by atoms with Crippen LogP contribution in [0.25, 0.3) is 17.0 Å². The van der Waals surface area contributed by atoms with Gasteiger partial charge in [0.15, 0.2) is 0 Å². The number of rotatable bonds is 6. The van der Waals surface area contributed by atoms with Crippen LogP contribution in [-0.2, 0) is 13.0 Å². The Morgan fingerprint density at radius 1 is 0.727 bits per heavy atom. The first-order valence-corrected chi connectivity index (χ1v) is 12.8. The van der Waals surface area contributed by atoms with E-state index in [0.29, 0.717) is 20.1 Å². The van der Waals surface area contributed by atoms with E-state index in [-0.39, 0.29) is 0 Å². The molecule has 1 aliphatic heterocycles. The predicted molar refractivity (Wildman–Crippen MR) is 147 cm³/mol. The van der Waals surface area contributed by atoms with Gasteiger partial charge in [0, 0.05) is 30.7 Å². The van der Waals surface area contributed by atoms with Gasteiger partial charge in [0.2, 0.25) is 0 Å². The Morgan fingerprint density at radius 3 is 1.79 bits per heavy atom. The first-order valence-electron chi connectivity index (χ1n) is 11.3. The molecule has 0 N–H and O–H groups in total. The maximum absolute atomic E-state index is 6.34. The van der Waals surface area contributed by atoms with Crippen LogP contribution in [0.5, 0.6) is 0 Å². The summed E-state index contributed by atoms with van der Waals surface area (Å²) in [6, 6.07) is 7.86. The molecule has 0 bridgehead atoms. The maximum Gasteiger partial charge on any atom is 0.113 e. The SMILES string of the molecule is CCc1c(C=CC=C2N(CC)c3cc(Cl)c(Cl)cc3N2CC)n(CC)c2cc(Cl)c(Cl)cc12. The van der Waals surface area contributed by atoms with E-state index in [2.05, 4.69) is 60.3 Å². The van der Waals surface area contributed by atoms with Crippen molar-refractivity contribution in [2.75, 3.05) is 22.9 Å². The average molecular weight is 523 g/mol. The molecule has 0 fully saturated rings. The number of aryl methyl sites for hydroxylation is 2. The molecule has 1 aliphatic rings. The van der Waals surface area contributed by atoms with Gasteiger partial charge in [-0.15, -0.1) is 0 Å². The number of halogens is 4. The summed E-state index contributed by atoms with van der Waals surface area (Å²) in [6.45, 7) is 11.1. The van der Waals surface area contributed by atoms with Gasteiger partial charge in [-0.3, -0.25) is 0 Å². The number of benzene rings is 2. The molecule has 0 radical (unpaired) electrons. The fourth-order valence-corrected chi connectivity index (χ4v) is 5.39. The second-order valence-electron chi connectivity index (χ2n) is 7.87. The molecule has 0 saturated heterocycles. The summed E-state index contributed by atoms with van der Waals surface area (Å²) >= 11 is 25.3. The minimum absolute atomic E-state index is 0.569. The highest BCUT2D eigenvalue weighted by molar-refractivity contribution is 6.43. The third-order valence-electron chi connectivity index (χ3n) is 6.21. The second kappa shape index (κ2) is 9.84. The van der Waals surface area contributed by atoms with Crippen molar-refractivity contribution in [3.05, 3.63) is 73.6 Å². The lowest BCUT2D eigenvalue weighted by Gasteiger charge is -2.23. The van der Waals surface area contributed by atoms with Gasteiger partial charge in [-0.1, -0.05) is 59.4 Å². The van der Waals surface area contributed by atoms with Crippen LogP contribution in [0.4, 0.5) is 11.4 Å². The number of aromatic nitrogens is 1. The first-order chi connectivity index (χ1) is 15.9. The predicted octanol–water partition coefficient (Wildman–Crippen LogP) is 9.06. The highest BCUT2D eigenvalue weighted by Gasteiger charge is 2.30. The number of hydrogen-bond acceptors (Lipinski definition) is 2. The fraction of sp³-hybridized carbons (Fsp3) is 0.308. The van der Waals surface area contributed by atoms with Gasteiger partial charge in [-0.05, 0) is 69.2 Å². The van der Waals surface area contributed by atoms with Crippen LogP contribution in [0, 0.1) is 0 Å². The molecule has 174 valence electrons. The molecule has 3 nitrogen and oxygen atoms in total. The molecule has 0 saturated carbocycles. The normalized spacial score (nSPS) is 13.6. The van der Waals surface area contributed by atoms with Crippen molar-refractivity contribution >= 4 is 74.8 Å². The van der Waals surface area contributed by atoms with Crippen molar-refractivity contribution in [2.24, 2.45) is 0 Å². The van der Waals surface area contributed by atoms with E-state index in [1.54, 1.807) is 0 Å². The Bertz CT molecular complexity index is 1190. The van der Waals surface area contributed by atoms with Crippen LogP contribution < -0.4 is 9.80 Å². The lowest BCUT2D eigenvalue weighted by molar-refractivity contribution is 0.784. The Balaban J connectivity index is 1.80. The van der Waals surface area contributed by atoms with Gasteiger partial charge in [0.05, 0.1) is 37.0 Å². The molecule has 0 atom stereocenters. The molecular weight excluding hydrogens is 496 g/mol. The third-order valence-corrected chi connectivity index (χ3v) is 7.65. The highest BCUT2D eigenvalue weighted by atomic mass is 35.5. The van der Waals surface area contributed by atoms with Gasteiger partial charge in [0.1, 0.15) is 5.82 Å². The summed E-state index contributed by atoms with van der Waals surface area (Å²) in [5, 5.41) is 3.46. The van der Waals surface area contributed by atoms with E-state index < -0.39 is 0 Å². The van der Waals surface area contributed by atoms with E-state index in [0.717, 1.165) is 54.2 Å². The molecule has 0 amide bonds. The molecule has 1 aromatic heterocycles. The van der Waals surface area contributed by atoms with Gasteiger partial charge in [-0.2, -0.15) is 0 Å². The van der Waals surface area contributed by atoms with Crippen LogP contribution in [0.1, 0.15) is 39.0 Å². The third kappa shape index (κ3) is 4.14. The van der Waals surface area contributed by atoms with Crippen LogP contribution in [0.3, 0.4) is 0 Å². The van der Waals surface area contributed by atoms with Crippen molar-refractivity contribution < 1.29 is 0 Å². The number of allylic oxidation sites excluding steroid dienone is 2. The van der Waals surface area contributed by atoms with Gasteiger partial charge >= 0.3 is 0 Å². The van der Waals surface area contributed by atoms with Gasteiger partial charge in [0.25, 0.3) is 0 Å². The van der Waals surface area contributed by atoms with E-state index in [4.69, 9.17) is 46.4 Å².